The lowest BCUT2D eigenvalue weighted by molar-refractivity contribution is -0.135. The van der Waals surface area contributed by atoms with Crippen LogP contribution in [-0.4, -0.2) is 46.7 Å². The highest BCUT2D eigenvalue weighted by molar-refractivity contribution is 6.07. The minimum atomic E-state index is -0.936. The number of amides is 3. The number of nitrogens with one attached hydrogen (secondary N) is 1. The third-order valence-electron chi connectivity index (χ3n) is 5.20. The Hall–Kier alpha value is -2.08. The summed E-state index contributed by atoms with van der Waals surface area (Å²) in [5.41, 5.74) is -0.843. The molecule has 142 valence electrons. The Labute approximate surface area is 154 Å². The minimum Gasteiger partial charge on any atom is -0.491 e. The second-order valence-corrected chi connectivity index (χ2v) is 8.56. The molecule has 3 atom stereocenters. The summed E-state index contributed by atoms with van der Waals surface area (Å²) in [5.74, 6) is 0.776. The molecule has 1 saturated carbocycles. The van der Waals surface area contributed by atoms with Crippen LogP contribution < -0.4 is 10.1 Å². The van der Waals surface area contributed by atoms with Crippen molar-refractivity contribution in [3.63, 3.8) is 0 Å². The van der Waals surface area contributed by atoms with Crippen molar-refractivity contribution in [3.05, 3.63) is 30.3 Å². The fraction of sp³-hybridized carbons (Fsp3) is 0.600. The Morgan fingerprint density at radius 3 is 2.62 bits per heavy atom. The van der Waals surface area contributed by atoms with Gasteiger partial charge in [0, 0.05) is 0 Å². The van der Waals surface area contributed by atoms with E-state index in [1.54, 1.807) is 12.1 Å². The fourth-order valence-electron chi connectivity index (χ4n) is 4.64. The van der Waals surface area contributed by atoms with Gasteiger partial charge in [0.25, 0.3) is 5.91 Å². The normalized spacial score (nSPS) is 28.9. The van der Waals surface area contributed by atoms with Gasteiger partial charge < -0.3 is 15.2 Å². The predicted molar refractivity (Wildman–Crippen MR) is 97.7 cm³/mol. The van der Waals surface area contributed by atoms with E-state index >= 15 is 0 Å². The zero-order chi connectivity index (χ0) is 18.9. The van der Waals surface area contributed by atoms with Gasteiger partial charge in [-0.1, -0.05) is 39.0 Å². The number of aliphatic hydroxyl groups is 1. The van der Waals surface area contributed by atoms with Gasteiger partial charge in [-0.3, -0.25) is 9.69 Å². The van der Waals surface area contributed by atoms with Gasteiger partial charge in [0.1, 0.15) is 24.0 Å². The van der Waals surface area contributed by atoms with E-state index in [0.717, 1.165) is 11.3 Å². The molecule has 0 aromatic heterocycles. The Balaban J connectivity index is 1.63. The maximum absolute atomic E-state index is 13.0. The average Bonchev–Trinajstić information content (AvgIpc) is 2.75. The fourth-order valence-corrected chi connectivity index (χ4v) is 4.64. The lowest BCUT2D eigenvalue weighted by Gasteiger charge is -2.43. The van der Waals surface area contributed by atoms with Crippen LogP contribution in [0.5, 0.6) is 5.75 Å². The Kier molecular flexibility index (Phi) is 4.97. The van der Waals surface area contributed by atoms with E-state index < -0.39 is 17.7 Å². The molecule has 2 N–H and O–H groups in total. The van der Waals surface area contributed by atoms with Crippen LogP contribution in [0.25, 0.3) is 0 Å². The van der Waals surface area contributed by atoms with E-state index in [2.05, 4.69) is 26.1 Å². The van der Waals surface area contributed by atoms with Crippen LogP contribution in [0.3, 0.4) is 0 Å². The maximum Gasteiger partial charge on any atom is 0.325 e. The van der Waals surface area contributed by atoms with E-state index in [9.17, 15) is 14.7 Å². The lowest BCUT2D eigenvalue weighted by atomic mass is 9.64. The van der Waals surface area contributed by atoms with Crippen molar-refractivity contribution in [2.45, 2.75) is 51.7 Å². The summed E-state index contributed by atoms with van der Waals surface area (Å²) in [4.78, 5) is 26.6. The topological polar surface area (TPSA) is 78.9 Å². The van der Waals surface area contributed by atoms with Gasteiger partial charge in [-0.2, -0.15) is 0 Å². The van der Waals surface area contributed by atoms with Crippen molar-refractivity contribution >= 4 is 11.9 Å². The molecule has 1 heterocycles. The highest BCUT2D eigenvalue weighted by Gasteiger charge is 2.56. The Bertz CT molecular complexity index is 676. The van der Waals surface area contributed by atoms with E-state index in [1.807, 2.05) is 18.2 Å². The molecule has 1 aromatic rings. The first kappa shape index (κ1) is 18.7. The number of aliphatic hydroxyl groups excluding tert-OH is 1. The lowest BCUT2D eigenvalue weighted by Crippen LogP contribution is -2.54. The number of urea groups is 1. The summed E-state index contributed by atoms with van der Waals surface area (Å²) in [6.45, 7) is 6.35. The largest absolute Gasteiger partial charge is 0.491 e. The number of benzene rings is 1. The second kappa shape index (κ2) is 6.91. The van der Waals surface area contributed by atoms with Gasteiger partial charge >= 0.3 is 6.03 Å². The zero-order valence-corrected chi connectivity index (χ0v) is 15.7. The SMILES string of the molecule is C[C@H]1CC(C)(C)C[C@]2(C1)NC(=O)N(C[C@H](O)COc1ccccc1)C2=O. The first-order chi connectivity index (χ1) is 12.2. The molecule has 2 fully saturated rings. The third kappa shape index (κ3) is 3.85. The molecule has 3 rings (SSSR count). The maximum atomic E-state index is 13.0. The number of carbonyl (C=O) groups excluding carboxylic acids is 2. The second-order valence-electron chi connectivity index (χ2n) is 8.56. The number of imide groups is 1. The molecule has 1 saturated heterocycles. The molecular weight excluding hydrogens is 332 g/mol. The van der Waals surface area contributed by atoms with Crippen molar-refractivity contribution < 1.29 is 19.4 Å². The molecule has 1 aliphatic carbocycles. The molecule has 26 heavy (non-hydrogen) atoms. The quantitative estimate of drug-likeness (QED) is 0.791. The van der Waals surface area contributed by atoms with Gasteiger partial charge in [-0.25, -0.2) is 4.79 Å². The van der Waals surface area contributed by atoms with Gasteiger partial charge in [0.2, 0.25) is 0 Å². The van der Waals surface area contributed by atoms with Crippen LogP contribution in [0.2, 0.25) is 0 Å². The van der Waals surface area contributed by atoms with Crippen LogP contribution in [0.15, 0.2) is 30.3 Å². The molecule has 0 radical (unpaired) electrons. The zero-order valence-electron chi connectivity index (χ0n) is 15.7. The molecule has 0 bridgehead atoms. The first-order valence-corrected chi connectivity index (χ1v) is 9.21. The number of para-hydroxylation sites is 1. The number of hydrogen-bond donors (Lipinski definition) is 2. The average molecular weight is 360 g/mol. The molecule has 6 nitrogen and oxygen atoms in total. The van der Waals surface area contributed by atoms with Crippen LogP contribution in [0, 0.1) is 11.3 Å². The summed E-state index contributed by atoms with van der Waals surface area (Å²) in [7, 11) is 0. The van der Waals surface area contributed by atoms with Crippen LogP contribution in [-0.2, 0) is 4.79 Å². The number of ether oxygens (including phenoxy) is 1. The number of β-amino-alcohol motifs (C(OH)–C–C–N with tert-alkyl or cyclic N) is 1. The summed E-state index contributed by atoms with van der Waals surface area (Å²) >= 11 is 0. The molecule has 3 amide bonds. The van der Waals surface area contributed by atoms with Gasteiger partial charge in [-0.05, 0) is 42.7 Å². The predicted octanol–water partition coefficient (Wildman–Crippen LogP) is 2.56. The van der Waals surface area contributed by atoms with Crippen molar-refractivity contribution in [3.8, 4) is 5.75 Å². The standard InChI is InChI=1S/C20H28N2O4/c1-14-9-19(2,3)13-20(10-14)17(24)22(18(25)21-20)11-15(23)12-26-16-7-5-4-6-8-16/h4-8,14-15,23H,9-13H2,1-3H3,(H,21,25)/t14-,15-,20-/m0/s1. The minimum absolute atomic E-state index is 0.00828. The molecule has 0 unspecified atom stereocenters. The number of rotatable bonds is 5. The van der Waals surface area contributed by atoms with Crippen LogP contribution in [0.1, 0.15) is 40.0 Å². The smallest absolute Gasteiger partial charge is 0.325 e. The summed E-state index contributed by atoms with van der Waals surface area (Å²) in [6.07, 6.45) is 1.37. The van der Waals surface area contributed by atoms with Gasteiger partial charge in [-0.15, -0.1) is 0 Å². The monoisotopic (exact) mass is 360 g/mol. The summed E-state index contributed by atoms with van der Waals surface area (Å²) in [5, 5.41) is 13.2. The molecule has 1 aromatic carbocycles. The highest BCUT2D eigenvalue weighted by Crippen LogP contribution is 2.46. The molecule has 1 spiro atoms. The van der Waals surface area contributed by atoms with Gasteiger partial charge in [0.15, 0.2) is 0 Å². The molecular formula is C20H28N2O4. The van der Waals surface area contributed by atoms with Crippen molar-refractivity contribution in [2.75, 3.05) is 13.2 Å². The summed E-state index contributed by atoms with van der Waals surface area (Å²) < 4.78 is 5.52. The van der Waals surface area contributed by atoms with Gasteiger partial charge in [0.05, 0.1) is 6.54 Å². The molecule has 2 aliphatic rings. The van der Waals surface area contributed by atoms with E-state index in [4.69, 9.17) is 4.74 Å². The van der Waals surface area contributed by atoms with E-state index in [1.165, 1.54) is 0 Å². The molecule has 1 aliphatic heterocycles. The third-order valence-corrected chi connectivity index (χ3v) is 5.20. The van der Waals surface area contributed by atoms with Crippen molar-refractivity contribution in [1.29, 1.82) is 0 Å². The number of nitrogens with zero attached hydrogens (tertiary/aromatic N) is 1. The molecule has 6 heteroatoms. The van der Waals surface area contributed by atoms with E-state index in [0.29, 0.717) is 24.5 Å². The number of hydrogen-bond acceptors (Lipinski definition) is 4. The highest BCUT2D eigenvalue weighted by atomic mass is 16.5. The Morgan fingerprint density at radius 2 is 1.96 bits per heavy atom. The van der Waals surface area contributed by atoms with Crippen molar-refractivity contribution in [2.24, 2.45) is 11.3 Å². The Morgan fingerprint density at radius 1 is 1.27 bits per heavy atom. The van der Waals surface area contributed by atoms with Crippen LogP contribution in [0.4, 0.5) is 4.79 Å². The van der Waals surface area contributed by atoms with Crippen molar-refractivity contribution in [1.82, 2.24) is 10.2 Å². The van der Waals surface area contributed by atoms with Crippen LogP contribution >= 0.6 is 0 Å². The van der Waals surface area contributed by atoms with E-state index in [-0.39, 0.29) is 24.5 Å². The first-order valence-electron chi connectivity index (χ1n) is 9.21. The summed E-state index contributed by atoms with van der Waals surface area (Å²) in [6, 6.07) is 8.73. The number of carbonyl (C=O) groups is 2.